The Balaban J connectivity index is 2.46. The molecule has 4 nitrogen and oxygen atoms in total. The number of hydrogen-bond donors (Lipinski definition) is 2. The standard InChI is InChI=1S/C10H7NO3S/c12-10(13)8-5-7(11-14-8)6-3-1-2-4-9(6)15/h1-5,15H,(H,12,13). The summed E-state index contributed by atoms with van der Waals surface area (Å²) >= 11 is 4.24. The minimum absolute atomic E-state index is 0.179. The molecule has 0 aliphatic heterocycles. The van der Waals surface area contributed by atoms with Crippen LogP contribution in [0.3, 0.4) is 0 Å². The summed E-state index contributed by atoms with van der Waals surface area (Å²) in [6.07, 6.45) is 0. The van der Waals surface area contributed by atoms with E-state index in [9.17, 15) is 4.79 Å². The minimum Gasteiger partial charge on any atom is -0.475 e. The molecular formula is C10H7NO3S. The normalized spacial score (nSPS) is 10.2. The molecule has 1 heterocycles. The fourth-order valence-electron chi connectivity index (χ4n) is 1.19. The van der Waals surface area contributed by atoms with Crippen LogP contribution in [0.1, 0.15) is 10.6 Å². The summed E-state index contributed by atoms with van der Waals surface area (Å²) in [7, 11) is 0. The quantitative estimate of drug-likeness (QED) is 0.764. The maximum Gasteiger partial charge on any atom is 0.374 e. The molecule has 1 aromatic carbocycles. The first-order valence-electron chi connectivity index (χ1n) is 4.17. The number of aromatic carboxylic acids is 1. The number of rotatable bonds is 2. The van der Waals surface area contributed by atoms with Gasteiger partial charge in [0, 0.05) is 16.5 Å². The summed E-state index contributed by atoms with van der Waals surface area (Å²) in [5.74, 6) is -1.31. The Bertz CT molecular complexity index is 507. The van der Waals surface area contributed by atoms with E-state index in [1.54, 1.807) is 12.1 Å². The molecule has 0 bridgehead atoms. The first-order chi connectivity index (χ1) is 7.18. The predicted octanol–water partition coefficient (Wildman–Crippen LogP) is 2.33. The van der Waals surface area contributed by atoms with Crippen molar-refractivity contribution >= 4 is 18.6 Å². The molecule has 0 aliphatic carbocycles. The number of aromatic nitrogens is 1. The van der Waals surface area contributed by atoms with Crippen LogP contribution >= 0.6 is 12.6 Å². The van der Waals surface area contributed by atoms with Crippen molar-refractivity contribution in [1.82, 2.24) is 5.16 Å². The number of carboxylic acid groups (broad SMARTS) is 1. The molecule has 0 fully saturated rings. The second-order valence-corrected chi connectivity index (χ2v) is 3.38. The van der Waals surface area contributed by atoms with E-state index in [1.165, 1.54) is 6.07 Å². The van der Waals surface area contributed by atoms with Crippen LogP contribution in [0, 0.1) is 0 Å². The Hall–Kier alpha value is -1.75. The summed E-state index contributed by atoms with van der Waals surface area (Å²) in [4.78, 5) is 11.3. The van der Waals surface area contributed by atoms with Crippen molar-refractivity contribution in [1.29, 1.82) is 0 Å². The zero-order valence-electron chi connectivity index (χ0n) is 7.54. The van der Waals surface area contributed by atoms with Gasteiger partial charge in [-0.05, 0) is 6.07 Å². The molecule has 0 saturated heterocycles. The first kappa shape index (κ1) is 9.79. The summed E-state index contributed by atoms with van der Waals surface area (Å²) in [6, 6.07) is 8.63. The molecule has 76 valence electrons. The van der Waals surface area contributed by atoms with Gasteiger partial charge >= 0.3 is 5.97 Å². The van der Waals surface area contributed by atoms with Crippen LogP contribution in [-0.2, 0) is 0 Å². The second-order valence-electron chi connectivity index (χ2n) is 2.90. The van der Waals surface area contributed by atoms with Gasteiger partial charge < -0.3 is 9.63 Å². The van der Waals surface area contributed by atoms with Crippen molar-refractivity contribution in [3.8, 4) is 11.3 Å². The third-order valence-corrected chi connectivity index (χ3v) is 2.29. The van der Waals surface area contributed by atoms with Crippen LogP contribution in [0.2, 0.25) is 0 Å². The summed E-state index contributed by atoms with van der Waals surface area (Å²) < 4.78 is 4.65. The maximum absolute atomic E-state index is 10.6. The highest BCUT2D eigenvalue weighted by Gasteiger charge is 2.13. The molecule has 0 aliphatic rings. The summed E-state index contributed by atoms with van der Waals surface area (Å²) in [5.41, 5.74) is 1.22. The van der Waals surface area contributed by atoms with Crippen molar-refractivity contribution < 1.29 is 14.4 Å². The van der Waals surface area contributed by atoms with E-state index in [0.717, 1.165) is 10.5 Å². The largest absolute Gasteiger partial charge is 0.475 e. The van der Waals surface area contributed by atoms with Gasteiger partial charge in [-0.15, -0.1) is 12.6 Å². The summed E-state index contributed by atoms with van der Waals surface area (Å²) in [6.45, 7) is 0. The number of thiol groups is 1. The van der Waals surface area contributed by atoms with Crippen molar-refractivity contribution in [3.63, 3.8) is 0 Å². The van der Waals surface area contributed by atoms with Crippen molar-refractivity contribution in [2.75, 3.05) is 0 Å². The van der Waals surface area contributed by atoms with Gasteiger partial charge in [0.05, 0.1) is 0 Å². The molecule has 0 atom stereocenters. The molecule has 1 N–H and O–H groups in total. The molecular weight excluding hydrogens is 214 g/mol. The molecule has 0 amide bonds. The molecule has 0 spiro atoms. The lowest BCUT2D eigenvalue weighted by molar-refractivity contribution is 0.0652. The van der Waals surface area contributed by atoms with Crippen LogP contribution in [-0.4, -0.2) is 16.2 Å². The van der Waals surface area contributed by atoms with Gasteiger partial charge in [-0.2, -0.15) is 0 Å². The second kappa shape index (κ2) is 3.78. The minimum atomic E-state index is -1.13. The van der Waals surface area contributed by atoms with Gasteiger partial charge in [-0.1, -0.05) is 23.4 Å². The van der Waals surface area contributed by atoms with Gasteiger partial charge in [0.25, 0.3) is 0 Å². The molecule has 1 aromatic heterocycles. The molecule has 0 saturated carbocycles. The van der Waals surface area contributed by atoms with Crippen molar-refractivity contribution in [2.24, 2.45) is 0 Å². The Morgan fingerprint density at radius 2 is 2.13 bits per heavy atom. The van der Waals surface area contributed by atoms with E-state index in [-0.39, 0.29) is 5.76 Å². The van der Waals surface area contributed by atoms with Crippen LogP contribution < -0.4 is 0 Å². The Morgan fingerprint density at radius 3 is 2.73 bits per heavy atom. The highest BCUT2D eigenvalue weighted by atomic mass is 32.1. The maximum atomic E-state index is 10.6. The van der Waals surface area contributed by atoms with Gasteiger partial charge in [0.15, 0.2) is 0 Å². The lowest BCUT2D eigenvalue weighted by Gasteiger charge is -1.97. The highest BCUT2D eigenvalue weighted by molar-refractivity contribution is 7.80. The third kappa shape index (κ3) is 1.87. The van der Waals surface area contributed by atoms with E-state index < -0.39 is 5.97 Å². The van der Waals surface area contributed by atoms with Crippen LogP contribution in [0.15, 0.2) is 39.8 Å². The fraction of sp³-hybridized carbons (Fsp3) is 0. The van der Waals surface area contributed by atoms with Crippen LogP contribution in [0.25, 0.3) is 11.3 Å². The Labute approximate surface area is 90.9 Å². The highest BCUT2D eigenvalue weighted by Crippen LogP contribution is 2.25. The number of carbonyl (C=O) groups is 1. The average molecular weight is 221 g/mol. The number of benzene rings is 1. The van der Waals surface area contributed by atoms with Gasteiger partial charge in [-0.25, -0.2) is 4.79 Å². The fourth-order valence-corrected chi connectivity index (χ4v) is 1.47. The van der Waals surface area contributed by atoms with Crippen molar-refractivity contribution in [3.05, 3.63) is 36.1 Å². The molecule has 2 rings (SSSR count). The van der Waals surface area contributed by atoms with E-state index in [0.29, 0.717) is 5.69 Å². The molecule has 0 radical (unpaired) electrons. The average Bonchev–Trinajstić information content (AvgIpc) is 2.67. The van der Waals surface area contributed by atoms with Crippen molar-refractivity contribution in [2.45, 2.75) is 4.90 Å². The third-order valence-electron chi connectivity index (χ3n) is 1.90. The SMILES string of the molecule is O=C(O)c1cc(-c2ccccc2S)no1. The number of nitrogens with zero attached hydrogens (tertiary/aromatic N) is 1. The monoisotopic (exact) mass is 221 g/mol. The number of carboxylic acids is 1. The molecule has 5 heteroatoms. The molecule has 0 unspecified atom stereocenters. The van der Waals surface area contributed by atoms with E-state index >= 15 is 0 Å². The van der Waals surface area contributed by atoms with Gasteiger partial charge in [0.2, 0.25) is 5.76 Å². The van der Waals surface area contributed by atoms with Crippen LogP contribution in [0.5, 0.6) is 0 Å². The molecule has 2 aromatic rings. The van der Waals surface area contributed by atoms with Crippen LogP contribution in [0.4, 0.5) is 0 Å². The van der Waals surface area contributed by atoms with Gasteiger partial charge in [0.1, 0.15) is 5.69 Å². The topological polar surface area (TPSA) is 63.3 Å². The smallest absolute Gasteiger partial charge is 0.374 e. The Kier molecular flexibility index (Phi) is 2.47. The first-order valence-corrected chi connectivity index (χ1v) is 4.61. The lowest BCUT2D eigenvalue weighted by atomic mass is 10.1. The number of hydrogen-bond acceptors (Lipinski definition) is 4. The van der Waals surface area contributed by atoms with Gasteiger partial charge in [-0.3, -0.25) is 0 Å². The van der Waals surface area contributed by atoms with E-state index in [4.69, 9.17) is 5.11 Å². The predicted molar refractivity (Wildman–Crippen MR) is 56.2 cm³/mol. The van der Waals surface area contributed by atoms with E-state index in [1.807, 2.05) is 12.1 Å². The zero-order valence-corrected chi connectivity index (χ0v) is 8.44. The zero-order chi connectivity index (χ0) is 10.8. The Morgan fingerprint density at radius 1 is 1.40 bits per heavy atom. The lowest BCUT2D eigenvalue weighted by Crippen LogP contribution is -1.91. The summed E-state index contributed by atoms with van der Waals surface area (Å²) in [5, 5.41) is 12.3. The molecule has 15 heavy (non-hydrogen) atoms. The van der Waals surface area contributed by atoms with E-state index in [2.05, 4.69) is 22.3 Å².